The van der Waals surface area contributed by atoms with Gasteiger partial charge < -0.3 is 0 Å². The Balaban J connectivity index is 1.58. The molecule has 0 fully saturated rings. The molecule has 0 aliphatic rings. The number of nitrogens with zero attached hydrogens (tertiary/aromatic N) is 2. The molecule has 0 radical (unpaired) electrons. The predicted octanol–water partition coefficient (Wildman–Crippen LogP) is 7.22. The van der Waals surface area contributed by atoms with Crippen LogP contribution >= 0.6 is 0 Å². The van der Waals surface area contributed by atoms with E-state index in [9.17, 15) is 0 Å². The number of aryl methyl sites for hydroxylation is 2. The Hall–Kier alpha value is -3.48. The Kier molecular flexibility index (Phi) is 6.64. The minimum absolute atomic E-state index is 0.0976. The second kappa shape index (κ2) is 9.88. The van der Waals surface area contributed by atoms with Crippen LogP contribution in [0.1, 0.15) is 37.7 Å². The molecule has 5 rings (SSSR count). The average Bonchev–Trinajstić information content (AvgIpc) is 2.84. The van der Waals surface area contributed by atoms with Gasteiger partial charge in [0.2, 0.25) is 0 Å². The van der Waals surface area contributed by atoms with Crippen molar-refractivity contribution in [2.24, 2.45) is 0 Å². The zero-order valence-electron chi connectivity index (χ0n) is 21.3. The van der Waals surface area contributed by atoms with Crippen LogP contribution in [0.15, 0.2) is 84.9 Å². The first-order valence-corrected chi connectivity index (χ1v) is 15.1. The van der Waals surface area contributed by atoms with Gasteiger partial charge in [0.05, 0.1) is 0 Å². The van der Waals surface area contributed by atoms with Gasteiger partial charge in [0.25, 0.3) is 0 Å². The third-order valence-electron chi connectivity index (χ3n) is 6.01. The van der Waals surface area contributed by atoms with Crippen LogP contribution in [-0.2, 0) is 5.41 Å². The number of para-hydroxylation sites is 3. The zero-order chi connectivity index (χ0) is 25.3. The fourth-order valence-corrected chi connectivity index (χ4v) is 7.03. The summed E-state index contributed by atoms with van der Waals surface area (Å²) in [6.07, 6.45) is 0. The van der Waals surface area contributed by atoms with Crippen molar-refractivity contribution in [2.45, 2.75) is 40.0 Å². The van der Waals surface area contributed by atoms with Gasteiger partial charge >= 0.3 is 219 Å². The Morgan fingerprint density at radius 2 is 1.03 bits per heavy atom. The second-order valence-electron chi connectivity index (χ2n) is 9.95. The van der Waals surface area contributed by atoms with Gasteiger partial charge in [0.1, 0.15) is 0 Å². The summed E-state index contributed by atoms with van der Waals surface area (Å²) in [5.41, 5.74) is 4.46. The number of hydrogen-bond donors (Lipinski definition) is 0. The molecule has 0 bridgehead atoms. The fourth-order valence-electron chi connectivity index (χ4n) is 4.20. The van der Waals surface area contributed by atoms with Crippen molar-refractivity contribution >= 4 is 39.1 Å². The summed E-state index contributed by atoms with van der Waals surface area (Å²) in [7, 11) is 0. The summed E-state index contributed by atoms with van der Waals surface area (Å²) < 4.78 is 19.8. The summed E-state index contributed by atoms with van der Waals surface area (Å²) >= 11 is -3.46. The molecule has 0 amide bonds. The van der Waals surface area contributed by atoms with E-state index in [-0.39, 0.29) is 5.41 Å². The van der Waals surface area contributed by atoms with Crippen molar-refractivity contribution in [1.82, 2.24) is 9.97 Å². The molecule has 6 heteroatoms. The van der Waals surface area contributed by atoms with Crippen molar-refractivity contribution in [1.29, 1.82) is 0 Å². The summed E-state index contributed by atoms with van der Waals surface area (Å²) in [6, 6.07) is 28.1. The van der Waals surface area contributed by atoms with Crippen molar-refractivity contribution in [2.75, 3.05) is 0 Å². The van der Waals surface area contributed by atoms with Crippen LogP contribution in [0.2, 0.25) is 0 Å². The van der Waals surface area contributed by atoms with Crippen LogP contribution in [0, 0.1) is 13.8 Å². The maximum atomic E-state index is 6.63. The SMILES string of the molecule is Cc1ccc2cccc([O][Ga]([O]c3ccccc3C(C)(C)C)[O]c3cccc4ccc(C)nc34)c2n1. The first-order chi connectivity index (χ1) is 17.3. The van der Waals surface area contributed by atoms with Crippen molar-refractivity contribution in [3.63, 3.8) is 0 Å². The van der Waals surface area contributed by atoms with E-state index in [2.05, 4.69) is 39.0 Å². The van der Waals surface area contributed by atoms with Crippen molar-refractivity contribution in [3.8, 4) is 17.2 Å². The number of benzene rings is 3. The number of rotatable bonds is 6. The summed E-state index contributed by atoms with van der Waals surface area (Å²) in [4.78, 5) is 9.49. The van der Waals surface area contributed by atoms with E-state index in [0.29, 0.717) is 11.5 Å². The van der Waals surface area contributed by atoms with Gasteiger partial charge in [-0.05, 0) is 0 Å². The van der Waals surface area contributed by atoms with E-state index >= 15 is 0 Å². The van der Waals surface area contributed by atoms with Crippen LogP contribution < -0.4 is 10.6 Å². The molecule has 2 heterocycles. The van der Waals surface area contributed by atoms with E-state index in [0.717, 1.165) is 44.5 Å². The van der Waals surface area contributed by atoms with Crippen LogP contribution in [0.25, 0.3) is 21.8 Å². The summed E-state index contributed by atoms with van der Waals surface area (Å²) in [5, 5.41) is 2.02. The number of pyridine rings is 2. The van der Waals surface area contributed by atoms with Gasteiger partial charge in [-0.3, -0.25) is 0 Å². The monoisotopic (exact) mass is 534 g/mol. The summed E-state index contributed by atoms with van der Waals surface area (Å²) in [5.74, 6) is 2.11. The van der Waals surface area contributed by atoms with Gasteiger partial charge in [-0.1, -0.05) is 0 Å². The molecule has 0 aliphatic heterocycles. The fraction of sp³-hybridized carbons (Fsp3) is 0.200. The maximum absolute atomic E-state index is 6.63. The molecule has 0 saturated heterocycles. The quantitative estimate of drug-likeness (QED) is 0.215. The van der Waals surface area contributed by atoms with E-state index in [1.807, 2.05) is 80.6 Å². The van der Waals surface area contributed by atoms with Crippen molar-refractivity contribution < 1.29 is 10.6 Å². The number of aromatic nitrogens is 2. The van der Waals surface area contributed by atoms with Gasteiger partial charge in [-0.15, -0.1) is 0 Å². The van der Waals surface area contributed by atoms with Crippen LogP contribution in [0.3, 0.4) is 0 Å². The standard InChI is InChI=1S/2C10H9NO.C10H14O.Ga/c2*1-7-5-6-8-3-2-4-9(12)10(8)11-7;1-10(2,3)8-6-4-5-7-9(8)11;/h2*2-6,12H,1H3;4-7,11H,1-3H3;/q;;;+3/p-3. The number of hydrogen-bond acceptors (Lipinski definition) is 5. The van der Waals surface area contributed by atoms with Crippen LogP contribution in [0.5, 0.6) is 17.2 Å². The molecule has 0 atom stereocenters. The molecule has 3 aromatic carbocycles. The van der Waals surface area contributed by atoms with Gasteiger partial charge in [-0.25, -0.2) is 0 Å². The van der Waals surface area contributed by atoms with Crippen LogP contribution in [-0.4, -0.2) is 27.3 Å². The molecule has 5 nitrogen and oxygen atoms in total. The van der Waals surface area contributed by atoms with E-state index in [1.165, 1.54) is 0 Å². The first-order valence-electron chi connectivity index (χ1n) is 12.1. The van der Waals surface area contributed by atoms with Crippen molar-refractivity contribution in [3.05, 3.63) is 102 Å². The third-order valence-corrected chi connectivity index (χ3v) is 8.82. The van der Waals surface area contributed by atoms with Crippen LogP contribution in [0.4, 0.5) is 0 Å². The molecule has 0 spiro atoms. The molecule has 0 unspecified atom stereocenters. The Bertz CT molecular complexity index is 1460. The topological polar surface area (TPSA) is 53.5 Å². The van der Waals surface area contributed by atoms with Gasteiger partial charge in [0, 0.05) is 0 Å². The van der Waals surface area contributed by atoms with E-state index < -0.39 is 17.3 Å². The molecule has 36 heavy (non-hydrogen) atoms. The Labute approximate surface area is 218 Å². The molecule has 0 N–H and O–H groups in total. The van der Waals surface area contributed by atoms with E-state index in [4.69, 9.17) is 20.6 Å². The molecule has 5 aromatic rings. The van der Waals surface area contributed by atoms with Gasteiger partial charge in [0.15, 0.2) is 0 Å². The predicted molar refractivity (Wildman–Crippen MR) is 146 cm³/mol. The van der Waals surface area contributed by atoms with E-state index in [1.54, 1.807) is 0 Å². The number of fused-ring (bicyclic) bond motifs is 2. The molecule has 2 aromatic heterocycles. The van der Waals surface area contributed by atoms with Gasteiger partial charge in [-0.2, -0.15) is 0 Å². The normalized spacial score (nSPS) is 11.5. The average molecular weight is 535 g/mol. The summed E-state index contributed by atoms with van der Waals surface area (Å²) in [6.45, 7) is 10.5. The molecular formula is C30H29GaN2O3. The Morgan fingerprint density at radius 3 is 1.56 bits per heavy atom. The molecular weight excluding hydrogens is 506 g/mol. The minimum atomic E-state index is -3.46. The molecule has 0 saturated carbocycles. The Morgan fingerprint density at radius 1 is 0.556 bits per heavy atom. The third kappa shape index (κ3) is 5.20. The first kappa shape index (κ1) is 24.2. The second-order valence-corrected chi connectivity index (χ2v) is 12.6. The molecule has 0 aliphatic carbocycles. The molecule has 180 valence electrons. The zero-order valence-corrected chi connectivity index (χ0v) is 23.7.